The molecule has 178 valence electrons. The number of alkyl halides is 6. The number of amides is 2. The second-order valence-electron chi connectivity index (χ2n) is 7.70. The molecule has 33 heavy (non-hydrogen) atoms. The van der Waals surface area contributed by atoms with Crippen molar-refractivity contribution in [2.45, 2.75) is 44.1 Å². The van der Waals surface area contributed by atoms with Gasteiger partial charge in [-0.15, -0.1) is 0 Å². The van der Waals surface area contributed by atoms with Crippen molar-refractivity contribution in [2.24, 2.45) is 0 Å². The highest BCUT2D eigenvalue weighted by Gasteiger charge is 2.38. The molecule has 2 aromatic carbocycles. The van der Waals surface area contributed by atoms with E-state index < -0.39 is 46.9 Å². The summed E-state index contributed by atoms with van der Waals surface area (Å²) in [5, 5.41) is 3.11. The largest absolute Gasteiger partial charge is 0.416 e. The van der Waals surface area contributed by atoms with Crippen molar-refractivity contribution in [3.63, 3.8) is 0 Å². The van der Waals surface area contributed by atoms with Crippen LogP contribution >= 0.6 is 11.6 Å². The number of carbonyl (C=O) groups excluding carboxylic acids is 2. The zero-order valence-electron chi connectivity index (χ0n) is 17.1. The Morgan fingerprint density at radius 2 is 1.52 bits per heavy atom. The fourth-order valence-electron chi connectivity index (χ4n) is 3.68. The maximum atomic E-state index is 13.2. The van der Waals surface area contributed by atoms with Crippen molar-refractivity contribution in [1.82, 2.24) is 4.90 Å². The summed E-state index contributed by atoms with van der Waals surface area (Å²) in [4.78, 5) is 26.6. The minimum atomic E-state index is -5.06. The number of hydrogen-bond acceptors (Lipinski definition) is 2. The number of hydrogen-bond donors (Lipinski definition) is 1. The SMILES string of the molecule is O=C(CC1CCCCN1C(=O)c1cc(C(F)(F)F)cc(C(F)(F)F)c1)Nc1ccc(Cl)cc1. The molecule has 0 bridgehead atoms. The first-order valence-electron chi connectivity index (χ1n) is 10.0. The van der Waals surface area contributed by atoms with Crippen molar-refractivity contribution < 1.29 is 35.9 Å². The van der Waals surface area contributed by atoms with Gasteiger partial charge in [-0.1, -0.05) is 11.6 Å². The molecule has 1 aliphatic heterocycles. The number of likely N-dealkylation sites (tertiary alicyclic amines) is 1. The van der Waals surface area contributed by atoms with Gasteiger partial charge in [0.25, 0.3) is 5.91 Å². The molecule has 1 unspecified atom stereocenters. The van der Waals surface area contributed by atoms with Crippen LogP contribution in [-0.4, -0.2) is 29.3 Å². The van der Waals surface area contributed by atoms with Crippen LogP contribution in [0.3, 0.4) is 0 Å². The summed E-state index contributed by atoms with van der Waals surface area (Å²) < 4.78 is 79.0. The Labute approximate surface area is 190 Å². The summed E-state index contributed by atoms with van der Waals surface area (Å²) >= 11 is 5.80. The standard InChI is InChI=1S/C22H19ClF6N2O2/c23-16-4-6-17(7-5-16)30-19(32)12-18-3-1-2-8-31(18)20(33)13-9-14(21(24,25)26)11-15(10-13)22(27,28)29/h4-7,9-11,18H,1-3,8,12H2,(H,30,32). The van der Waals surface area contributed by atoms with E-state index in [9.17, 15) is 35.9 Å². The number of nitrogens with one attached hydrogen (secondary N) is 1. The summed E-state index contributed by atoms with van der Waals surface area (Å²) in [5.41, 5.74) is -3.38. The Morgan fingerprint density at radius 1 is 0.939 bits per heavy atom. The zero-order chi connectivity index (χ0) is 24.4. The van der Waals surface area contributed by atoms with Gasteiger partial charge in [-0.3, -0.25) is 9.59 Å². The molecule has 0 saturated carbocycles. The van der Waals surface area contributed by atoms with Crippen LogP contribution in [0.25, 0.3) is 0 Å². The van der Waals surface area contributed by atoms with Gasteiger partial charge in [-0.25, -0.2) is 0 Å². The molecule has 0 radical (unpaired) electrons. The molecule has 2 aromatic rings. The van der Waals surface area contributed by atoms with Crippen LogP contribution in [0.2, 0.25) is 5.02 Å². The number of carbonyl (C=O) groups is 2. The first kappa shape index (κ1) is 24.9. The smallest absolute Gasteiger partial charge is 0.335 e. The maximum absolute atomic E-state index is 13.2. The lowest BCUT2D eigenvalue weighted by atomic mass is 9.96. The van der Waals surface area contributed by atoms with Crippen molar-refractivity contribution in [2.75, 3.05) is 11.9 Å². The first-order valence-corrected chi connectivity index (χ1v) is 10.4. The van der Waals surface area contributed by atoms with Gasteiger partial charge in [0.05, 0.1) is 11.1 Å². The van der Waals surface area contributed by atoms with Crippen LogP contribution < -0.4 is 5.32 Å². The van der Waals surface area contributed by atoms with Gasteiger partial charge >= 0.3 is 12.4 Å². The van der Waals surface area contributed by atoms with Gasteiger partial charge in [0.15, 0.2) is 0 Å². The number of halogens is 7. The Kier molecular flexibility index (Phi) is 7.26. The molecule has 4 nitrogen and oxygen atoms in total. The topological polar surface area (TPSA) is 49.4 Å². The molecule has 1 atom stereocenters. The van der Waals surface area contributed by atoms with Gasteiger partial charge in [0.2, 0.25) is 5.91 Å². The average Bonchev–Trinajstić information content (AvgIpc) is 2.73. The first-order chi connectivity index (χ1) is 15.3. The predicted octanol–water partition coefficient (Wildman–Crippen LogP) is 6.40. The van der Waals surface area contributed by atoms with E-state index in [-0.39, 0.29) is 19.0 Å². The number of benzene rings is 2. The summed E-state index contributed by atoms with van der Waals surface area (Å²) in [6.45, 7) is 0.120. The van der Waals surface area contributed by atoms with Crippen LogP contribution in [0.5, 0.6) is 0 Å². The second-order valence-corrected chi connectivity index (χ2v) is 8.14. The Morgan fingerprint density at radius 3 is 2.06 bits per heavy atom. The Hall–Kier alpha value is -2.75. The minimum absolute atomic E-state index is 0.0238. The van der Waals surface area contributed by atoms with Gasteiger partial charge in [0, 0.05) is 35.3 Å². The maximum Gasteiger partial charge on any atom is 0.416 e. The van der Waals surface area contributed by atoms with E-state index in [1.54, 1.807) is 24.3 Å². The van der Waals surface area contributed by atoms with Crippen molar-refractivity contribution in [1.29, 1.82) is 0 Å². The minimum Gasteiger partial charge on any atom is -0.335 e. The predicted molar refractivity (Wildman–Crippen MR) is 110 cm³/mol. The zero-order valence-corrected chi connectivity index (χ0v) is 17.8. The van der Waals surface area contributed by atoms with E-state index in [0.29, 0.717) is 42.1 Å². The van der Waals surface area contributed by atoms with Gasteiger partial charge in [0.1, 0.15) is 0 Å². The molecule has 1 fully saturated rings. The number of anilines is 1. The third-order valence-corrected chi connectivity index (χ3v) is 5.52. The van der Waals surface area contributed by atoms with Crippen LogP contribution in [0.15, 0.2) is 42.5 Å². The molecular formula is C22H19ClF6N2O2. The molecule has 11 heteroatoms. The quantitative estimate of drug-likeness (QED) is 0.502. The highest BCUT2D eigenvalue weighted by atomic mass is 35.5. The lowest BCUT2D eigenvalue weighted by molar-refractivity contribution is -0.143. The number of nitrogens with zero attached hydrogens (tertiary/aromatic N) is 1. The summed E-state index contributed by atoms with van der Waals surface area (Å²) in [5.74, 6) is -1.42. The van der Waals surface area contributed by atoms with Gasteiger partial charge in [-0.2, -0.15) is 26.3 Å². The van der Waals surface area contributed by atoms with E-state index in [0.717, 1.165) is 0 Å². The molecule has 1 saturated heterocycles. The van der Waals surface area contributed by atoms with E-state index in [2.05, 4.69) is 5.32 Å². The van der Waals surface area contributed by atoms with E-state index in [1.165, 1.54) is 4.90 Å². The molecule has 1 N–H and O–H groups in total. The van der Waals surface area contributed by atoms with Crippen molar-refractivity contribution in [3.8, 4) is 0 Å². The Balaban J connectivity index is 1.83. The van der Waals surface area contributed by atoms with Crippen LogP contribution in [0.4, 0.5) is 32.0 Å². The summed E-state index contributed by atoms with van der Waals surface area (Å²) in [6.07, 6.45) is -8.69. The third kappa shape index (κ3) is 6.40. The number of piperidine rings is 1. The average molecular weight is 493 g/mol. The van der Waals surface area contributed by atoms with E-state index in [4.69, 9.17) is 11.6 Å². The molecule has 3 rings (SSSR count). The summed E-state index contributed by atoms with van der Waals surface area (Å²) in [6, 6.07) is 6.43. The molecule has 0 aliphatic carbocycles. The van der Waals surface area contributed by atoms with Gasteiger partial charge < -0.3 is 10.2 Å². The third-order valence-electron chi connectivity index (χ3n) is 5.27. The molecule has 1 aliphatic rings. The lowest BCUT2D eigenvalue weighted by Crippen LogP contribution is -2.45. The molecule has 0 spiro atoms. The molecule has 2 amide bonds. The molecule has 1 heterocycles. The second kappa shape index (κ2) is 9.62. The van der Waals surface area contributed by atoms with Crippen LogP contribution in [0, 0.1) is 0 Å². The molecule has 0 aromatic heterocycles. The summed E-state index contributed by atoms with van der Waals surface area (Å²) in [7, 11) is 0. The van der Waals surface area contributed by atoms with Crippen LogP contribution in [0.1, 0.15) is 47.2 Å². The van der Waals surface area contributed by atoms with Gasteiger partial charge in [-0.05, 0) is 61.7 Å². The normalized spacial score (nSPS) is 17.1. The highest BCUT2D eigenvalue weighted by Crippen LogP contribution is 2.37. The van der Waals surface area contributed by atoms with E-state index >= 15 is 0 Å². The molecular weight excluding hydrogens is 474 g/mol. The van der Waals surface area contributed by atoms with Crippen molar-refractivity contribution in [3.05, 3.63) is 64.2 Å². The Bertz CT molecular complexity index is 989. The fraction of sp³-hybridized carbons (Fsp3) is 0.364. The fourth-order valence-corrected chi connectivity index (χ4v) is 3.81. The lowest BCUT2D eigenvalue weighted by Gasteiger charge is -2.35. The van der Waals surface area contributed by atoms with E-state index in [1.807, 2.05) is 0 Å². The highest BCUT2D eigenvalue weighted by molar-refractivity contribution is 6.30. The van der Waals surface area contributed by atoms with Crippen LogP contribution in [-0.2, 0) is 17.1 Å². The van der Waals surface area contributed by atoms with Crippen molar-refractivity contribution >= 4 is 29.1 Å². The number of rotatable bonds is 4. The monoisotopic (exact) mass is 492 g/mol.